The summed E-state index contributed by atoms with van der Waals surface area (Å²) in [6.07, 6.45) is 0.817. The summed E-state index contributed by atoms with van der Waals surface area (Å²) >= 11 is 9.25. The van der Waals surface area contributed by atoms with E-state index in [1.165, 1.54) is 0 Å². The smallest absolute Gasteiger partial charge is 0.305 e. The minimum absolute atomic E-state index is 0.124. The van der Waals surface area contributed by atoms with Crippen molar-refractivity contribution in [2.75, 3.05) is 19.8 Å². The van der Waals surface area contributed by atoms with Crippen LogP contribution in [0.15, 0.2) is 22.7 Å². The lowest BCUT2D eigenvalue weighted by molar-refractivity contribution is -0.143. The SMILES string of the molecule is CCOC(=O)CCCNC(=O)COc1ccc(Br)cc1Cl. The first-order valence-corrected chi connectivity index (χ1v) is 7.70. The van der Waals surface area contributed by atoms with Crippen LogP contribution in [0.2, 0.25) is 5.02 Å². The predicted octanol–water partition coefficient (Wildman–Crippen LogP) is 2.94. The van der Waals surface area contributed by atoms with Crippen LogP contribution in [0.3, 0.4) is 0 Å². The van der Waals surface area contributed by atoms with E-state index in [4.69, 9.17) is 21.1 Å². The molecule has 0 bridgehead atoms. The lowest BCUT2D eigenvalue weighted by Crippen LogP contribution is -2.30. The molecular formula is C14H17BrClNO4. The molecule has 1 amide bonds. The van der Waals surface area contributed by atoms with Gasteiger partial charge in [-0.25, -0.2) is 0 Å². The van der Waals surface area contributed by atoms with Gasteiger partial charge < -0.3 is 14.8 Å². The van der Waals surface area contributed by atoms with Gasteiger partial charge in [-0.05, 0) is 31.5 Å². The Bertz CT molecular complexity index is 496. The molecule has 1 aromatic carbocycles. The quantitative estimate of drug-likeness (QED) is 0.558. The van der Waals surface area contributed by atoms with Crippen LogP contribution in [0, 0.1) is 0 Å². The summed E-state index contributed by atoms with van der Waals surface area (Å²) in [5, 5.41) is 3.09. The molecule has 1 aromatic rings. The summed E-state index contributed by atoms with van der Waals surface area (Å²) in [6.45, 7) is 2.40. The summed E-state index contributed by atoms with van der Waals surface area (Å²) in [6, 6.07) is 5.15. The number of ether oxygens (including phenoxy) is 2. The maximum Gasteiger partial charge on any atom is 0.305 e. The molecule has 0 aliphatic heterocycles. The highest BCUT2D eigenvalue weighted by Crippen LogP contribution is 2.27. The molecule has 0 spiro atoms. The maximum absolute atomic E-state index is 11.6. The van der Waals surface area contributed by atoms with Gasteiger partial charge in [0, 0.05) is 17.4 Å². The standard InChI is InChI=1S/C14H17BrClNO4/c1-2-20-14(19)4-3-7-17-13(18)9-21-12-6-5-10(15)8-11(12)16/h5-6,8H,2-4,7,9H2,1H3,(H,17,18). The van der Waals surface area contributed by atoms with Crippen molar-refractivity contribution in [3.63, 3.8) is 0 Å². The van der Waals surface area contributed by atoms with Crippen molar-refractivity contribution < 1.29 is 19.1 Å². The van der Waals surface area contributed by atoms with Crippen molar-refractivity contribution in [3.8, 4) is 5.75 Å². The molecular weight excluding hydrogens is 362 g/mol. The Morgan fingerprint density at radius 2 is 2.14 bits per heavy atom. The molecule has 0 aromatic heterocycles. The molecule has 116 valence electrons. The first-order valence-electron chi connectivity index (χ1n) is 6.53. The minimum atomic E-state index is -0.266. The third kappa shape index (κ3) is 7.34. The van der Waals surface area contributed by atoms with Crippen LogP contribution < -0.4 is 10.1 Å². The second-order valence-electron chi connectivity index (χ2n) is 4.12. The number of halogens is 2. The summed E-state index contributed by atoms with van der Waals surface area (Å²) in [4.78, 5) is 22.6. The van der Waals surface area contributed by atoms with Gasteiger partial charge in [-0.3, -0.25) is 9.59 Å². The molecule has 0 heterocycles. The van der Waals surface area contributed by atoms with E-state index in [-0.39, 0.29) is 24.9 Å². The van der Waals surface area contributed by atoms with E-state index < -0.39 is 0 Å². The highest BCUT2D eigenvalue weighted by molar-refractivity contribution is 9.10. The first-order chi connectivity index (χ1) is 10.0. The number of benzene rings is 1. The molecule has 0 aliphatic carbocycles. The van der Waals surface area contributed by atoms with Crippen molar-refractivity contribution in [2.45, 2.75) is 19.8 Å². The van der Waals surface area contributed by atoms with E-state index in [1.54, 1.807) is 25.1 Å². The van der Waals surface area contributed by atoms with E-state index >= 15 is 0 Å². The van der Waals surface area contributed by atoms with Gasteiger partial charge in [-0.1, -0.05) is 27.5 Å². The van der Waals surface area contributed by atoms with Gasteiger partial charge in [0.15, 0.2) is 6.61 Å². The largest absolute Gasteiger partial charge is 0.482 e. The van der Waals surface area contributed by atoms with Gasteiger partial charge in [0.1, 0.15) is 5.75 Å². The fourth-order valence-electron chi connectivity index (χ4n) is 1.48. The van der Waals surface area contributed by atoms with Gasteiger partial charge in [0.05, 0.1) is 11.6 Å². The van der Waals surface area contributed by atoms with Crippen molar-refractivity contribution in [1.29, 1.82) is 0 Å². The van der Waals surface area contributed by atoms with Crippen molar-refractivity contribution >= 4 is 39.4 Å². The van der Waals surface area contributed by atoms with Gasteiger partial charge in [0.25, 0.3) is 5.91 Å². The molecule has 7 heteroatoms. The number of hydrogen-bond acceptors (Lipinski definition) is 4. The van der Waals surface area contributed by atoms with E-state index in [1.807, 2.05) is 0 Å². The molecule has 1 rings (SSSR count). The molecule has 0 radical (unpaired) electrons. The zero-order valence-corrected chi connectivity index (χ0v) is 14.0. The topological polar surface area (TPSA) is 64.6 Å². The molecule has 5 nitrogen and oxygen atoms in total. The highest BCUT2D eigenvalue weighted by Gasteiger charge is 2.07. The van der Waals surface area contributed by atoms with Crippen molar-refractivity contribution in [3.05, 3.63) is 27.7 Å². The molecule has 0 saturated carbocycles. The lowest BCUT2D eigenvalue weighted by atomic mass is 10.3. The second kappa shape index (κ2) is 9.63. The Morgan fingerprint density at radius 1 is 1.38 bits per heavy atom. The minimum Gasteiger partial charge on any atom is -0.482 e. The number of esters is 1. The van der Waals surface area contributed by atoms with E-state index in [0.717, 1.165) is 4.47 Å². The normalized spacial score (nSPS) is 10.0. The van der Waals surface area contributed by atoms with Gasteiger partial charge in [-0.2, -0.15) is 0 Å². The van der Waals surface area contributed by atoms with E-state index in [9.17, 15) is 9.59 Å². The molecule has 1 N–H and O–H groups in total. The van der Waals surface area contributed by atoms with Crippen LogP contribution >= 0.6 is 27.5 Å². The van der Waals surface area contributed by atoms with Crippen LogP contribution in [0.5, 0.6) is 5.75 Å². The molecule has 0 fully saturated rings. The van der Waals surface area contributed by atoms with Crippen molar-refractivity contribution in [1.82, 2.24) is 5.32 Å². The summed E-state index contributed by atoms with van der Waals surface area (Å²) in [7, 11) is 0. The maximum atomic E-state index is 11.6. The second-order valence-corrected chi connectivity index (χ2v) is 5.44. The monoisotopic (exact) mass is 377 g/mol. The average molecular weight is 379 g/mol. The summed E-state index contributed by atoms with van der Waals surface area (Å²) in [5.74, 6) is -0.0796. The third-order valence-electron chi connectivity index (χ3n) is 2.44. The Hall–Kier alpha value is -1.27. The first kappa shape index (κ1) is 17.8. The Labute approximate surface area is 137 Å². The molecule has 0 saturated heterocycles. The van der Waals surface area contributed by atoms with Crippen LogP contribution in [0.4, 0.5) is 0 Å². The highest BCUT2D eigenvalue weighted by atomic mass is 79.9. The Morgan fingerprint density at radius 3 is 2.81 bits per heavy atom. The molecule has 0 atom stereocenters. The predicted molar refractivity (Wildman–Crippen MR) is 83.5 cm³/mol. The molecule has 0 unspecified atom stereocenters. The van der Waals surface area contributed by atoms with Gasteiger partial charge >= 0.3 is 5.97 Å². The third-order valence-corrected chi connectivity index (χ3v) is 3.23. The van der Waals surface area contributed by atoms with Gasteiger partial charge in [-0.15, -0.1) is 0 Å². The number of rotatable bonds is 8. The average Bonchev–Trinajstić information content (AvgIpc) is 2.43. The zero-order valence-electron chi connectivity index (χ0n) is 11.7. The van der Waals surface area contributed by atoms with E-state index in [2.05, 4.69) is 21.2 Å². The number of amides is 1. The van der Waals surface area contributed by atoms with Crippen LogP contribution in [-0.4, -0.2) is 31.6 Å². The summed E-state index contributed by atoms with van der Waals surface area (Å²) in [5.41, 5.74) is 0. The van der Waals surface area contributed by atoms with Gasteiger partial charge in [0.2, 0.25) is 0 Å². The number of nitrogens with one attached hydrogen (secondary N) is 1. The fourth-order valence-corrected chi connectivity index (χ4v) is 2.21. The number of carbonyl (C=O) groups excluding carboxylic acids is 2. The zero-order chi connectivity index (χ0) is 15.7. The van der Waals surface area contributed by atoms with Crippen molar-refractivity contribution in [2.24, 2.45) is 0 Å². The van der Waals surface area contributed by atoms with Crippen LogP contribution in [0.25, 0.3) is 0 Å². The Kier molecular flexibility index (Phi) is 8.15. The van der Waals surface area contributed by atoms with E-state index in [0.29, 0.717) is 30.3 Å². The summed E-state index contributed by atoms with van der Waals surface area (Å²) < 4.78 is 10.9. The lowest BCUT2D eigenvalue weighted by Gasteiger charge is -2.09. The number of hydrogen-bond donors (Lipinski definition) is 1. The van der Waals surface area contributed by atoms with Crippen LogP contribution in [-0.2, 0) is 14.3 Å². The fraction of sp³-hybridized carbons (Fsp3) is 0.429. The molecule has 0 aliphatic rings. The molecule has 21 heavy (non-hydrogen) atoms. The van der Waals surface area contributed by atoms with Crippen LogP contribution in [0.1, 0.15) is 19.8 Å². The number of carbonyl (C=O) groups is 2. The Balaban J connectivity index is 2.21.